The van der Waals surface area contributed by atoms with E-state index in [0.717, 1.165) is 12.2 Å². The number of hydrogen-bond donors (Lipinski definition) is 0. The molecular weight excluding hydrogens is 1420 g/mol. The van der Waals surface area contributed by atoms with Gasteiger partial charge < -0.3 is 0 Å². The number of benzene rings is 4. The number of rotatable bonds is 10. The van der Waals surface area contributed by atoms with E-state index in [1.165, 1.54) is 24.3 Å². The standard InChI is InChI=1S/C44H7Cl22NO6/c45-7-1-10(47)16(11(48)2-7)19(17-12(49)3-8(46)4-13(17)50)18-14(51)5-9(6-15(18)52)67-44(73)29-35(58)23(34(57)28(38(29)61)43(66)72)20(21-30(53)24(39(62)68)36(59)25(31(21)54)40(63)69)22-32(55)26(41(64)70)37(60)27(33(22)56)42(65)71/h1-6,30H. The molecule has 0 saturated heterocycles. The van der Waals surface area contributed by atoms with Gasteiger partial charge in [0, 0.05) is 54.6 Å². The highest BCUT2D eigenvalue weighted by Gasteiger charge is 2.43. The molecule has 2 aliphatic rings. The smallest absolute Gasteiger partial charge is 0.276 e. The summed E-state index contributed by atoms with van der Waals surface area (Å²) in [4.78, 5) is 84.3. The Labute approximate surface area is 520 Å². The minimum absolute atomic E-state index is 0.00910. The van der Waals surface area contributed by atoms with Crippen LogP contribution in [0.2, 0.25) is 60.3 Å². The molecule has 1 atom stereocenters. The lowest BCUT2D eigenvalue weighted by molar-refractivity contribution is -0.108. The predicted octanol–water partition coefficient (Wildman–Crippen LogP) is 20.9. The summed E-state index contributed by atoms with van der Waals surface area (Å²) in [6, 6.07) is 5.47. The van der Waals surface area contributed by atoms with Crippen LogP contribution >= 0.6 is 255 Å². The Bertz CT molecular complexity index is 3380. The van der Waals surface area contributed by atoms with Crippen molar-refractivity contribution in [2.24, 2.45) is 4.99 Å². The lowest BCUT2D eigenvalue weighted by Crippen LogP contribution is -2.23. The first-order valence-corrected chi connectivity index (χ1v) is 26.8. The molecule has 378 valence electrons. The van der Waals surface area contributed by atoms with Gasteiger partial charge in [0.1, 0.15) is 0 Å². The van der Waals surface area contributed by atoms with Crippen LogP contribution in [-0.2, 0) is 9.59 Å². The average molecular weight is 1430 g/mol. The molecule has 0 radical (unpaired) electrons. The first-order chi connectivity index (χ1) is 33.9. The molecule has 0 bridgehead atoms. The summed E-state index contributed by atoms with van der Waals surface area (Å²) in [5.41, 5.74) is -8.41. The molecule has 0 saturated carbocycles. The van der Waals surface area contributed by atoms with Crippen LogP contribution in [0.1, 0.15) is 63.7 Å². The van der Waals surface area contributed by atoms with Crippen molar-refractivity contribution in [3.05, 3.63) is 184 Å². The third-order valence-electron chi connectivity index (χ3n) is 10.1. The van der Waals surface area contributed by atoms with Gasteiger partial charge >= 0.3 is 0 Å². The summed E-state index contributed by atoms with van der Waals surface area (Å²) in [6.45, 7) is 0. The van der Waals surface area contributed by atoms with Crippen molar-refractivity contribution < 1.29 is 28.8 Å². The minimum atomic E-state index is -2.05. The molecule has 4 aromatic rings. The fraction of sp³-hybridized carbons (Fsp3) is 0.0227. The van der Waals surface area contributed by atoms with Crippen molar-refractivity contribution >= 4 is 304 Å². The highest BCUT2D eigenvalue weighted by Crippen LogP contribution is 2.56. The van der Waals surface area contributed by atoms with Crippen molar-refractivity contribution in [2.75, 3.05) is 0 Å². The number of hydrogen-bond acceptors (Lipinski definition) is 6. The number of amides is 1. The number of halogens is 22. The van der Waals surface area contributed by atoms with Gasteiger partial charge in [-0.25, -0.2) is 4.99 Å². The Hall–Kier alpha value is -0.610. The van der Waals surface area contributed by atoms with Gasteiger partial charge in [0.2, 0.25) is 0 Å². The Balaban J connectivity index is 1.78. The lowest BCUT2D eigenvalue weighted by atomic mass is 9.83. The van der Waals surface area contributed by atoms with E-state index in [2.05, 4.69) is 4.99 Å². The largest absolute Gasteiger partial charge is 0.280 e. The Morgan fingerprint density at radius 2 is 0.740 bits per heavy atom. The van der Waals surface area contributed by atoms with E-state index in [1.807, 2.05) is 0 Å². The molecule has 7 nitrogen and oxygen atoms in total. The molecule has 1 amide bonds. The van der Waals surface area contributed by atoms with Crippen molar-refractivity contribution in [1.29, 1.82) is 0 Å². The van der Waals surface area contributed by atoms with Crippen molar-refractivity contribution in [2.45, 2.75) is 5.38 Å². The molecule has 4 aromatic carbocycles. The van der Waals surface area contributed by atoms with Crippen LogP contribution in [-0.4, -0.2) is 43.2 Å². The minimum Gasteiger partial charge on any atom is -0.276 e. The number of alkyl halides is 1. The molecule has 73 heavy (non-hydrogen) atoms. The maximum absolute atomic E-state index is 14.7. The van der Waals surface area contributed by atoms with Gasteiger partial charge in [-0.15, -0.1) is 11.6 Å². The Morgan fingerprint density at radius 1 is 0.397 bits per heavy atom. The Kier molecular flexibility index (Phi) is 20.6. The molecule has 1 unspecified atom stereocenters. The summed E-state index contributed by atoms with van der Waals surface area (Å²) in [6.07, 6.45) is 2.27. The van der Waals surface area contributed by atoms with E-state index in [-0.39, 0.29) is 68.2 Å². The summed E-state index contributed by atoms with van der Waals surface area (Å²) in [7, 11) is 0. The summed E-state index contributed by atoms with van der Waals surface area (Å²) in [5, 5.41) is -16.2. The van der Waals surface area contributed by atoms with Gasteiger partial charge in [0.15, 0.2) is 0 Å². The number of aliphatic imine (C=N–C) groups is 1. The van der Waals surface area contributed by atoms with Crippen LogP contribution in [0.15, 0.2) is 83.8 Å². The zero-order valence-corrected chi connectivity index (χ0v) is 50.4. The summed E-state index contributed by atoms with van der Waals surface area (Å²) >= 11 is 144. The van der Waals surface area contributed by atoms with Crippen LogP contribution in [0.25, 0.3) is 11.1 Å². The van der Waals surface area contributed by atoms with Crippen LogP contribution in [0.4, 0.5) is 0 Å². The average Bonchev–Trinajstić information content (AvgIpc) is 3.21. The van der Waals surface area contributed by atoms with Gasteiger partial charge in [0.05, 0.1) is 115 Å². The fourth-order valence-electron chi connectivity index (χ4n) is 7.17. The van der Waals surface area contributed by atoms with Crippen LogP contribution in [0.5, 0.6) is 0 Å². The predicted molar refractivity (Wildman–Crippen MR) is 305 cm³/mol. The first-order valence-electron chi connectivity index (χ1n) is 18.4. The maximum atomic E-state index is 14.7. The second kappa shape index (κ2) is 24.4. The van der Waals surface area contributed by atoms with E-state index in [0.29, 0.717) is 0 Å². The van der Waals surface area contributed by atoms with Gasteiger partial charge in [-0.2, -0.15) is 0 Å². The molecular formula is C44H7Cl22NO6. The molecule has 29 heteroatoms. The number of carbonyl (C=O) groups excluding carboxylic acids is 6. The van der Waals surface area contributed by atoms with E-state index >= 15 is 0 Å². The Morgan fingerprint density at radius 3 is 1.08 bits per heavy atom. The zero-order valence-electron chi connectivity index (χ0n) is 33.8. The monoisotopic (exact) mass is 1410 g/mol. The normalized spacial score (nSPS) is 15.6. The van der Waals surface area contributed by atoms with Gasteiger partial charge in [-0.3, -0.25) is 28.8 Å². The quantitative estimate of drug-likeness (QED) is 0.115. The second-order valence-electron chi connectivity index (χ2n) is 14.1. The summed E-state index contributed by atoms with van der Waals surface area (Å²) in [5.74, 6) is -1.42. The maximum Gasteiger partial charge on any atom is 0.280 e. The first kappa shape index (κ1) is 61.6. The van der Waals surface area contributed by atoms with E-state index in [1.54, 1.807) is 0 Å². The molecule has 0 spiro atoms. The molecule has 0 heterocycles. The van der Waals surface area contributed by atoms with Crippen LogP contribution < -0.4 is 0 Å². The molecule has 2 aliphatic carbocycles. The molecule has 0 N–H and O–H groups in total. The van der Waals surface area contributed by atoms with E-state index in [4.69, 9.17) is 255 Å². The molecule has 0 aliphatic heterocycles. The SMILES string of the molecule is O=C(Cl)C1=C(Cl)C(=C(c2c(Cl)c(C(=O)Cl)c(Cl)c(C(=O)Cl)c2Cl)c2c(Cl)c(C(=O)Cl)c(Cl)c(C(=O)N=C3C=C(Cl)C(=C(c4c(Cl)cc(Cl)cc4Cl)c4c(Cl)cc(Cl)cc4Cl)C(Cl)=C3)c2Cl)C(Cl)C(C(=O)Cl)=C1Cl. The van der Waals surface area contributed by atoms with Crippen LogP contribution in [0, 0.1) is 0 Å². The molecule has 6 rings (SSSR count). The fourth-order valence-corrected chi connectivity index (χ4v) is 15.1. The highest BCUT2D eigenvalue weighted by atomic mass is 35.5. The van der Waals surface area contributed by atoms with E-state index in [9.17, 15) is 28.8 Å². The van der Waals surface area contributed by atoms with Gasteiger partial charge in [0.25, 0.3) is 32.1 Å². The van der Waals surface area contributed by atoms with Crippen LogP contribution in [0.3, 0.4) is 0 Å². The number of nitrogens with zero attached hydrogens (tertiary/aromatic N) is 1. The highest BCUT2D eigenvalue weighted by molar-refractivity contribution is 6.75. The molecule has 0 fully saturated rings. The van der Waals surface area contributed by atoms with Crippen molar-refractivity contribution in [1.82, 2.24) is 0 Å². The number of allylic oxidation sites excluding steroid dienone is 10. The third-order valence-corrected chi connectivity index (χ3v) is 16.7. The van der Waals surface area contributed by atoms with E-state index < -0.39 is 133 Å². The topological polar surface area (TPSA) is 115 Å². The third kappa shape index (κ3) is 11.7. The summed E-state index contributed by atoms with van der Waals surface area (Å²) < 4.78 is 0. The van der Waals surface area contributed by atoms with Crippen molar-refractivity contribution in [3.8, 4) is 0 Å². The molecule has 0 aromatic heterocycles. The van der Waals surface area contributed by atoms with Crippen molar-refractivity contribution in [3.63, 3.8) is 0 Å². The second-order valence-corrected chi connectivity index (χ2v) is 22.6. The van der Waals surface area contributed by atoms with Gasteiger partial charge in [-0.05, 0) is 94.4 Å². The lowest BCUT2D eigenvalue weighted by Gasteiger charge is -2.29. The van der Waals surface area contributed by atoms with Gasteiger partial charge in [-0.1, -0.05) is 186 Å². The zero-order chi connectivity index (χ0) is 54.9. The number of carbonyl (C=O) groups is 6.